The average molecular weight is 394 g/mol. The predicted molar refractivity (Wildman–Crippen MR) is 106 cm³/mol. The Hall–Kier alpha value is -3.38. The molecule has 0 bridgehead atoms. The minimum absolute atomic E-state index is 0.234. The van der Waals surface area contributed by atoms with Gasteiger partial charge in [0.05, 0.1) is 17.0 Å². The minimum Gasteiger partial charge on any atom is -0.459 e. The second kappa shape index (κ2) is 7.32. The molecule has 4 rings (SSSR count). The molecule has 0 fully saturated rings. The highest BCUT2D eigenvalue weighted by Gasteiger charge is 2.16. The second-order valence-electron chi connectivity index (χ2n) is 6.36. The molecule has 0 saturated carbocycles. The van der Waals surface area contributed by atoms with Gasteiger partial charge in [-0.25, -0.2) is 0 Å². The highest BCUT2D eigenvalue weighted by Crippen LogP contribution is 2.30. The van der Waals surface area contributed by atoms with E-state index < -0.39 is 0 Å². The van der Waals surface area contributed by atoms with Crippen molar-refractivity contribution in [3.63, 3.8) is 0 Å². The van der Waals surface area contributed by atoms with Gasteiger partial charge in [0.25, 0.3) is 11.8 Å². The third-order valence-corrected chi connectivity index (χ3v) is 4.59. The molecule has 2 aromatic carbocycles. The number of nitrogens with zero attached hydrogens (tertiary/aromatic N) is 2. The summed E-state index contributed by atoms with van der Waals surface area (Å²) >= 11 is 6.28. The van der Waals surface area contributed by atoms with Crippen molar-refractivity contribution in [3.8, 4) is 23.1 Å². The van der Waals surface area contributed by atoms with Crippen LogP contribution in [0, 0.1) is 13.8 Å². The van der Waals surface area contributed by atoms with Crippen LogP contribution < -0.4 is 5.32 Å². The Labute approximate surface area is 166 Å². The number of carbonyl (C=O) groups is 1. The monoisotopic (exact) mass is 393 g/mol. The van der Waals surface area contributed by atoms with Crippen LogP contribution in [0.5, 0.6) is 0 Å². The molecule has 0 aliphatic carbocycles. The summed E-state index contributed by atoms with van der Waals surface area (Å²) in [4.78, 5) is 12.7. The van der Waals surface area contributed by atoms with Crippen LogP contribution in [0.2, 0.25) is 5.02 Å². The Morgan fingerprint density at radius 2 is 1.86 bits per heavy atom. The summed E-state index contributed by atoms with van der Waals surface area (Å²) in [6.07, 6.45) is 1.53. The van der Waals surface area contributed by atoms with Gasteiger partial charge in [0.2, 0.25) is 5.89 Å². The van der Waals surface area contributed by atoms with Crippen molar-refractivity contribution in [1.29, 1.82) is 0 Å². The normalized spacial score (nSPS) is 10.8. The number of hydrogen-bond donors (Lipinski definition) is 1. The molecular weight excluding hydrogens is 378 g/mol. The zero-order chi connectivity index (χ0) is 19.7. The van der Waals surface area contributed by atoms with Gasteiger partial charge in [-0.05, 0) is 55.8 Å². The Morgan fingerprint density at radius 1 is 1.04 bits per heavy atom. The number of amides is 1. The molecule has 0 aliphatic rings. The van der Waals surface area contributed by atoms with E-state index in [9.17, 15) is 4.79 Å². The van der Waals surface area contributed by atoms with Crippen molar-refractivity contribution >= 4 is 23.2 Å². The van der Waals surface area contributed by atoms with Crippen molar-refractivity contribution in [2.45, 2.75) is 13.8 Å². The van der Waals surface area contributed by atoms with E-state index >= 15 is 0 Å². The van der Waals surface area contributed by atoms with Gasteiger partial charge in [-0.15, -0.1) is 10.2 Å². The van der Waals surface area contributed by atoms with E-state index in [1.807, 2.05) is 32.0 Å². The maximum atomic E-state index is 12.7. The number of anilines is 1. The lowest BCUT2D eigenvalue weighted by Gasteiger charge is -2.10. The highest BCUT2D eigenvalue weighted by atomic mass is 35.5. The van der Waals surface area contributed by atoms with Crippen LogP contribution in [0.4, 0.5) is 5.69 Å². The van der Waals surface area contributed by atoms with Crippen LogP contribution in [0.3, 0.4) is 0 Å². The van der Waals surface area contributed by atoms with E-state index in [0.717, 1.165) is 11.1 Å². The summed E-state index contributed by atoms with van der Waals surface area (Å²) in [5.41, 5.74) is 3.58. The van der Waals surface area contributed by atoms with Crippen molar-refractivity contribution in [3.05, 3.63) is 76.5 Å². The smallest absolute Gasteiger partial charge is 0.283 e. The third kappa shape index (κ3) is 3.54. The molecule has 6 nitrogen and oxygen atoms in total. The van der Waals surface area contributed by atoms with Crippen LogP contribution >= 0.6 is 11.6 Å². The molecule has 140 valence electrons. The zero-order valence-electron chi connectivity index (χ0n) is 15.2. The molecule has 0 radical (unpaired) electrons. The summed E-state index contributed by atoms with van der Waals surface area (Å²) in [6.45, 7) is 3.83. The van der Waals surface area contributed by atoms with Crippen LogP contribution in [0.15, 0.2) is 63.6 Å². The lowest BCUT2D eigenvalue weighted by Crippen LogP contribution is -2.14. The summed E-state index contributed by atoms with van der Waals surface area (Å²) in [7, 11) is 0. The third-order valence-electron chi connectivity index (χ3n) is 4.26. The second-order valence-corrected chi connectivity index (χ2v) is 6.76. The number of rotatable bonds is 4. The molecule has 2 heterocycles. The number of furan rings is 1. The van der Waals surface area contributed by atoms with E-state index in [2.05, 4.69) is 15.5 Å². The molecule has 0 saturated heterocycles. The number of halogens is 1. The Kier molecular flexibility index (Phi) is 4.71. The van der Waals surface area contributed by atoms with Crippen LogP contribution in [0.1, 0.15) is 21.5 Å². The minimum atomic E-state index is -0.234. The van der Waals surface area contributed by atoms with Crippen LogP contribution in [0.25, 0.3) is 23.1 Å². The molecule has 0 spiro atoms. The van der Waals surface area contributed by atoms with Gasteiger partial charge in [-0.2, -0.15) is 0 Å². The number of hydrogen-bond acceptors (Lipinski definition) is 5. The molecule has 4 aromatic rings. The van der Waals surface area contributed by atoms with Crippen molar-refractivity contribution in [2.75, 3.05) is 5.32 Å². The van der Waals surface area contributed by atoms with Gasteiger partial charge < -0.3 is 14.2 Å². The van der Waals surface area contributed by atoms with E-state index in [1.165, 1.54) is 6.26 Å². The van der Waals surface area contributed by atoms with Crippen LogP contribution in [-0.4, -0.2) is 16.1 Å². The molecule has 1 N–H and O–H groups in total. The molecule has 0 unspecified atom stereocenters. The lowest BCUT2D eigenvalue weighted by atomic mass is 10.0. The standard InChI is InChI=1S/C21H16ClN3O3/c1-12-5-6-13(2)15(10-12)19(26)23-17-11-14(7-8-16(17)22)20-24-25-21(28-20)18-4-3-9-27-18/h3-11H,1-2H3,(H,23,26). The molecule has 0 aliphatic heterocycles. The fourth-order valence-electron chi connectivity index (χ4n) is 2.76. The zero-order valence-corrected chi connectivity index (χ0v) is 15.9. The molecule has 2 aromatic heterocycles. The fraction of sp³-hybridized carbons (Fsp3) is 0.0952. The van der Waals surface area contributed by atoms with Crippen LogP contribution in [-0.2, 0) is 0 Å². The van der Waals surface area contributed by atoms with Gasteiger partial charge in [0.1, 0.15) is 0 Å². The molecule has 1 amide bonds. The van der Waals surface area contributed by atoms with Gasteiger partial charge in [0.15, 0.2) is 5.76 Å². The summed E-state index contributed by atoms with van der Waals surface area (Å²) in [6, 6.07) is 14.3. The van der Waals surface area contributed by atoms with Gasteiger partial charge in [0, 0.05) is 11.1 Å². The van der Waals surface area contributed by atoms with E-state index in [-0.39, 0.29) is 11.8 Å². The fourth-order valence-corrected chi connectivity index (χ4v) is 2.93. The largest absolute Gasteiger partial charge is 0.459 e. The van der Waals surface area contributed by atoms with E-state index in [4.69, 9.17) is 20.4 Å². The van der Waals surface area contributed by atoms with Crippen molar-refractivity contribution in [1.82, 2.24) is 10.2 Å². The Morgan fingerprint density at radius 3 is 2.64 bits per heavy atom. The van der Waals surface area contributed by atoms with Gasteiger partial charge in [-0.3, -0.25) is 4.79 Å². The first-order valence-corrected chi connectivity index (χ1v) is 8.95. The Balaban J connectivity index is 1.62. The molecule has 0 atom stereocenters. The molecule has 28 heavy (non-hydrogen) atoms. The SMILES string of the molecule is Cc1ccc(C)c(C(=O)Nc2cc(-c3nnc(-c4ccco4)o3)ccc2Cl)c1. The van der Waals surface area contributed by atoms with Gasteiger partial charge in [-0.1, -0.05) is 29.3 Å². The first-order chi connectivity index (χ1) is 13.5. The predicted octanol–water partition coefficient (Wildman–Crippen LogP) is 5.52. The number of aryl methyl sites for hydroxylation is 2. The first-order valence-electron chi connectivity index (χ1n) is 8.57. The van der Waals surface area contributed by atoms with Crippen molar-refractivity contribution < 1.29 is 13.6 Å². The average Bonchev–Trinajstić information content (AvgIpc) is 3.36. The lowest BCUT2D eigenvalue weighted by molar-refractivity contribution is 0.102. The summed E-state index contributed by atoms with van der Waals surface area (Å²) in [5, 5.41) is 11.3. The molecular formula is C21H16ClN3O3. The maximum Gasteiger partial charge on any atom is 0.283 e. The maximum absolute atomic E-state index is 12.7. The quantitative estimate of drug-likeness (QED) is 0.493. The summed E-state index contributed by atoms with van der Waals surface area (Å²) < 4.78 is 10.9. The van der Waals surface area contributed by atoms with Gasteiger partial charge >= 0.3 is 0 Å². The number of carbonyl (C=O) groups excluding carboxylic acids is 1. The first kappa shape index (κ1) is 18.0. The Bertz CT molecular complexity index is 1150. The van der Waals surface area contributed by atoms with Crippen molar-refractivity contribution in [2.24, 2.45) is 0 Å². The highest BCUT2D eigenvalue weighted by molar-refractivity contribution is 6.34. The van der Waals surface area contributed by atoms with E-state index in [0.29, 0.717) is 33.5 Å². The summed E-state index contributed by atoms with van der Waals surface area (Å²) in [5.74, 6) is 0.819. The number of benzene rings is 2. The number of nitrogens with one attached hydrogen (secondary N) is 1. The van der Waals surface area contributed by atoms with E-state index in [1.54, 1.807) is 30.3 Å². The number of aromatic nitrogens is 2. The molecule has 7 heteroatoms. The topological polar surface area (TPSA) is 81.2 Å².